The number of pyridine rings is 3. The molecule has 0 bridgehead atoms. The van der Waals surface area contributed by atoms with Crippen LogP contribution < -0.4 is 31.4 Å². The molecule has 0 aromatic carbocycles. The number of thioether (sulfide) groups is 3. The van der Waals surface area contributed by atoms with Crippen molar-refractivity contribution in [2.75, 3.05) is 152 Å². The molecule has 6 aromatic rings. The van der Waals surface area contributed by atoms with Crippen LogP contribution in [0.3, 0.4) is 0 Å². The van der Waals surface area contributed by atoms with Gasteiger partial charge in [-0.2, -0.15) is 0 Å². The molecule has 0 aliphatic carbocycles. The maximum atomic E-state index is 13.5. The van der Waals surface area contributed by atoms with Crippen LogP contribution in [0.4, 0.5) is 17.5 Å². The monoisotopic (exact) mass is 1650 g/mol. The number of carbonyl (C=O) groups is 7. The SMILES string of the molecule is CC(=O)O.O=C(O)CCCCCN1C(=O)/C(=C/c2c(N3CCN(CCO)CC3)nc3ccccn3c2=O)SC1=S.O=C(O)CCCCCN1C(=O)/C(=C/c2c(N3CCN(CCO)CC3)nc3ccccn3c2=O)SC1=S.O=C(O)CCCCCN1C(=O)/C(=C/c2c(N3CCN(CCO)CC3)nc3ccccn3c2=O)SC1=S. The molecule has 600 valence electrons. The maximum Gasteiger partial charge on any atom is 0.303 e. The Bertz CT molecular complexity index is 4290. The fourth-order valence-corrected chi connectivity index (χ4v) is 16.9. The standard InChI is InChI=1S/3C24H29N5O5S2.C2H4O2/c3*30-15-14-26-10-12-27(13-11-26)21-17(22(33)28-8-5-3-6-19(28)25-21)16-18-23(34)29(24(35)36-18)9-4-1-2-7-20(31)32;1-2(3)4/h3*3,5-6,8,16,30H,1-2,4,7,9-15H2,(H,31,32);1H3,(H,3,4)/b3*18-16-;. The van der Waals surface area contributed by atoms with Crippen LogP contribution >= 0.6 is 71.9 Å². The van der Waals surface area contributed by atoms with Crippen LogP contribution in [0, 0.1) is 0 Å². The number of thiocarbonyl (C=S) groups is 3. The lowest BCUT2D eigenvalue weighted by molar-refractivity contribution is -0.138. The molecule has 6 aliphatic rings. The van der Waals surface area contributed by atoms with Gasteiger partial charge in [0.1, 0.15) is 47.4 Å². The van der Waals surface area contributed by atoms with Crippen LogP contribution in [0.2, 0.25) is 0 Å². The average Bonchev–Trinajstić information content (AvgIpc) is 1.67. The van der Waals surface area contributed by atoms with Gasteiger partial charge in [0.05, 0.1) is 51.2 Å². The number of carbonyl (C=O) groups excluding carboxylic acids is 3. The first-order valence-corrected chi connectivity index (χ1v) is 40.5. The molecular weight excluding hydrogens is 1560 g/mol. The van der Waals surface area contributed by atoms with Gasteiger partial charge in [-0.25, -0.2) is 15.0 Å². The quantitative estimate of drug-likeness (QED) is 0.0176. The second kappa shape index (κ2) is 42.8. The Morgan fingerprint density at radius 3 is 0.866 bits per heavy atom. The maximum absolute atomic E-state index is 13.5. The summed E-state index contributed by atoms with van der Waals surface area (Å²) in [4.78, 5) is 154. The minimum Gasteiger partial charge on any atom is -0.481 e. The van der Waals surface area contributed by atoms with Crippen molar-refractivity contribution in [1.82, 2.24) is 57.6 Å². The molecular formula is C74H91N15O17S6. The predicted octanol–water partition coefficient (Wildman–Crippen LogP) is 5.06. The van der Waals surface area contributed by atoms with Crippen molar-refractivity contribution in [3.8, 4) is 0 Å². The highest BCUT2D eigenvalue weighted by Gasteiger charge is 2.37. The normalized spacial score (nSPS) is 17.7. The molecule has 0 atom stereocenters. The number of hydrogen-bond acceptors (Lipinski definition) is 28. The van der Waals surface area contributed by atoms with Crippen molar-refractivity contribution in [3.63, 3.8) is 0 Å². The number of anilines is 3. The fourth-order valence-electron chi connectivity index (χ4n) is 13.0. The molecule has 6 saturated heterocycles. The number of amides is 3. The van der Waals surface area contributed by atoms with Gasteiger partial charge in [-0.1, -0.05) is 109 Å². The number of nitrogens with zero attached hydrogens (tertiary/aromatic N) is 15. The summed E-state index contributed by atoms with van der Waals surface area (Å²) in [6.45, 7) is 12.7. The van der Waals surface area contributed by atoms with Gasteiger partial charge in [0, 0.05) is 163 Å². The van der Waals surface area contributed by atoms with Gasteiger partial charge in [0.2, 0.25) is 0 Å². The molecule has 12 rings (SSSR count). The Hall–Kier alpha value is -8.93. The minimum absolute atomic E-state index is 0.0994. The summed E-state index contributed by atoms with van der Waals surface area (Å²) in [6.07, 6.45) is 15.8. The summed E-state index contributed by atoms with van der Waals surface area (Å²) in [5.74, 6) is -2.46. The number of piperazine rings is 3. The van der Waals surface area contributed by atoms with Gasteiger partial charge in [-0.05, 0) is 93.2 Å². The number of aromatic nitrogens is 6. The van der Waals surface area contributed by atoms with Crippen LogP contribution in [0.15, 0.2) is 102 Å². The number of aliphatic carboxylic acids is 4. The summed E-state index contributed by atoms with van der Waals surface area (Å²) in [5, 5.41) is 61.5. The zero-order valence-corrected chi connectivity index (χ0v) is 66.8. The number of fused-ring (bicyclic) bond motifs is 3. The van der Waals surface area contributed by atoms with Crippen molar-refractivity contribution < 1.29 is 69.3 Å². The number of unbranched alkanes of at least 4 members (excludes halogenated alkanes) is 6. The number of carboxylic acid groups (broad SMARTS) is 4. The molecule has 6 aliphatic heterocycles. The van der Waals surface area contributed by atoms with E-state index in [-0.39, 0.29) is 73.5 Å². The Morgan fingerprint density at radius 2 is 0.634 bits per heavy atom. The van der Waals surface area contributed by atoms with E-state index in [0.29, 0.717) is 215 Å². The molecule has 38 heteroatoms. The van der Waals surface area contributed by atoms with Crippen LogP contribution in [0.25, 0.3) is 35.2 Å². The fraction of sp³-hybridized carbons (Fsp3) is 0.459. The van der Waals surface area contributed by atoms with Gasteiger partial charge in [-0.3, -0.25) is 90.5 Å². The van der Waals surface area contributed by atoms with E-state index in [0.717, 1.165) is 46.2 Å². The van der Waals surface area contributed by atoms with E-state index >= 15 is 0 Å². The molecule has 0 saturated carbocycles. The molecule has 112 heavy (non-hydrogen) atoms. The lowest BCUT2D eigenvalue weighted by atomic mass is 10.2. The van der Waals surface area contributed by atoms with Gasteiger partial charge >= 0.3 is 17.9 Å². The third-order valence-corrected chi connectivity index (χ3v) is 22.9. The first-order valence-electron chi connectivity index (χ1n) is 36.8. The highest BCUT2D eigenvalue weighted by Crippen LogP contribution is 2.37. The molecule has 0 unspecified atom stereocenters. The summed E-state index contributed by atoms with van der Waals surface area (Å²) >= 11 is 19.8. The summed E-state index contributed by atoms with van der Waals surface area (Å²) in [6, 6.07) is 16.1. The van der Waals surface area contributed by atoms with Gasteiger partial charge < -0.3 is 50.4 Å². The van der Waals surface area contributed by atoms with Gasteiger partial charge in [-0.15, -0.1) is 0 Å². The number of β-amino-alcohol motifs (C(OH)–C–C–N with tert-alkyl or cyclic N) is 3. The second-order valence-electron chi connectivity index (χ2n) is 26.5. The first kappa shape index (κ1) is 87.0. The lowest BCUT2D eigenvalue weighted by Gasteiger charge is -2.35. The molecule has 0 radical (unpaired) electrons. The molecule has 3 amide bonds. The van der Waals surface area contributed by atoms with E-state index in [1.807, 2.05) is 18.2 Å². The molecule has 32 nitrogen and oxygen atoms in total. The van der Waals surface area contributed by atoms with E-state index < -0.39 is 23.9 Å². The van der Waals surface area contributed by atoms with E-state index in [1.165, 1.54) is 63.2 Å². The molecule has 12 heterocycles. The van der Waals surface area contributed by atoms with Gasteiger partial charge in [0.15, 0.2) is 0 Å². The molecule has 6 fully saturated rings. The number of aliphatic hydroxyl groups excluding tert-OH is 3. The van der Waals surface area contributed by atoms with E-state index in [4.69, 9.17) is 76.8 Å². The van der Waals surface area contributed by atoms with Crippen LogP contribution in [-0.4, -0.2) is 285 Å². The van der Waals surface area contributed by atoms with Crippen LogP contribution in [-0.2, 0) is 33.6 Å². The van der Waals surface area contributed by atoms with E-state index in [2.05, 4.69) is 29.4 Å². The summed E-state index contributed by atoms with van der Waals surface area (Å²) < 4.78 is 5.70. The third kappa shape index (κ3) is 23.6. The van der Waals surface area contributed by atoms with Crippen molar-refractivity contribution in [2.24, 2.45) is 0 Å². The first-order chi connectivity index (χ1) is 53.9. The third-order valence-electron chi connectivity index (χ3n) is 18.8. The Labute approximate surface area is 673 Å². The Balaban J connectivity index is 0.000000188. The Kier molecular flexibility index (Phi) is 33.3. The number of rotatable bonds is 30. The molecule has 7 N–H and O–H groups in total. The van der Waals surface area contributed by atoms with Crippen LogP contribution in [0.5, 0.6) is 0 Å². The zero-order valence-electron chi connectivity index (χ0n) is 61.9. The summed E-state index contributed by atoms with van der Waals surface area (Å²) in [5.41, 5.74) is 1.85. The average molecular weight is 1660 g/mol. The van der Waals surface area contributed by atoms with Crippen molar-refractivity contribution >= 4 is 179 Å². The zero-order chi connectivity index (χ0) is 80.5. The van der Waals surface area contributed by atoms with E-state index in [9.17, 15) is 58.5 Å². The Morgan fingerprint density at radius 1 is 0.384 bits per heavy atom. The molecule has 6 aromatic heterocycles. The summed E-state index contributed by atoms with van der Waals surface area (Å²) in [7, 11) is 0. The van der Waals surface area contributed by atoms with Crippen molar-refractivity contribution in [3.05, 3.63) is 136 Å². The van der Waals surface area contributed by atoms with Crippen molar-refractivity contribution in [2.45, 2.75) is 84.0 Å². The topological polar surface area (TPSA) is 393 Å². The van der Waals surface area contributed by atoms with Crippen molar-refractivity contribution in [1.29, 1.82) is 0 Å². The number of hydrogen-bond donors (Lipinski definition) is 7. The number of aliphatic hydroxyl groups is 3. The highest BCUT2D eigenvalue weighted by molar-refractivity contribution is 8.27. The highest BCUT2D eigenvalue weighted by atomic mass is 32.2. The predicted molar refractivity (Wildman–Crippen MR) is 443 cm³/mol. The minimum atomic E-state index is -0.833. The van der Waals surface area contributed by atoms with E-state index in [1.54, 1.807) is 73.2 Å². The smallest absolute Gasteiger partial charge is 0.303 e. The second-order valence-corrected chi connectivity index (χ2v) is 31.6. The lowest BCUT2D eigenvalue weighted by Crippen LogP contribution is -2.48. The largest absolute Gasteiger partial charge is 0.481 e. The molecule has 0 spiro atoms. The van der Waals surface area contributed by atoms with Gasteiger partial charge in [0.25, 0.3) is 40.4 Å². The van der Waals surface area contributed by atoms with Crippen LogP contribution in [0.1, 0.15) is 101 Å². The number of carboxylic acids is 4.